The Labute approximate surface area is 184 Å². The third kappa shape index (κ3) is 4.01. The van der Waals surface area contributed by atoms with Crippen LogP contribution in [0.15, 0.2) is 36.7 Å². The molecule has 1 saturated carbocycles. The van der Waals surface area contributed by atoms with E-state index in [0.29, 0.717) is 17.7 Å². The molecule has 170 valence electrons. The van der Waals surface area contributed by atoms with Gasteiger partial charge in [0.15, 0.2) is 23.2 Å². The number of nitrogens with one attached hydrogen (secondary N) is 1. The van der Waals surface area contributed by atoms with Crippen LogP contribution in [-0.2, 0) is 11.3 Å². The van der Waals surface area contributed by atoms with Gasteiger partial charge in [0.05, 0.1) is 12.4 Å². The number of anilines is 1. The lowest BCUT2D eigenvalue weighted by Gasteiger charge is -2.21. The van der Waals surface area contributed by atoms with Gasteiger partial charge in [0.2, 0.25) is 0 Å². The normalized spacial score (nSPS) is 26.2. The molecule has 3 aromatic rings. The Morgan fingerprint density at radius 1 is 1.22 bits per heavy atom. The zero-order valence-corrected chi connectivity index (χ0v) is 17.6. The Morgan fingerprint density at radius 3 is 2.75 bits per heavy atom. The number of halogens is 1. The summed E-state index contributed by atoms with van der Waals surface area (Å²) in [5.41, 5.74) is 7.89. The van der Waals surface area contributed by atoms with Gasteiger partial charge in [-0.25, -0.2) is 9.37 Å². The summed E-state index contributed by atoms with van der Waals surface area (Å²) in [5.74, 6) is 0.190. The van der Waals surface area contributed by atoms with Crippen molar-refractivity contribution in [2.75, 3.05) is 12.4 Å². The fourth-order valence-corrected chi connectivity index (χ4v) is 4.50. The number of aliphatic hydroxyl groups excluding tert-OH is 1. The predicted molar refractivity (Wildman–Crippen MR) is 116 cm³/mol. The van der Waals surface area contributed by atoms with Crippen molar-refractivity contribution in [3.63, 3.8) is 0 Å². The van der Waals surface area contributed by atoms with E-state index in [-0.39, 0.29) is 17.9 Å². The van der Waals surface area contributed by atoms with Gasteiger partial charge in [-0.15, -0.1) is 0 Å². The second kappa shape index (κ2) is 8.97. The Hall–Kier alpha value is -2.82. The van der Waals surface area contributed by atoms with Crippen LogP contribution in [0, 0.1) is 0 Å². The zero-order chi connectivity index (χ0) is 22.1. The molecule has 3 heterocycles. The van der Waals surface area contributed by atoms with E-state index < -0.39 is 31.2 Å². The van der Waals surface area contributed by atoms with Crippen LogP contribution >= 0.6 is 0 Å². The largest absolute Gasteiger partial charge is 0.460 e. The Morgan fingerprint density at radius 2 is 2.00 bits per heavy atom. The van der Waals surface area contributed by atoms with E-state index in [1.54, 1.807) is 4.57 Å². The second-order valence-electron chi connectivity index (χ2n) is 8.34. The highest BCUT2D eigenvalue weighted by atomic mass is 19.1. The van der Waals surface area contributed by atoms with Crippen LogP contribution in [0.3, 0.4) is 0 Å². The number of imidazole rings is 1. The van der Waals surface area contributed by atoms with Crippen molar-refractivity contribution in [1.82, 2.24) is 24.8 Å². The third-order valence-corrected chi connectivity index (χ3v) is 6.19. The van der Waals surface area contributed by atoms with Gasteiger partial charge in [-0.1, -0.05) is 30.3 Å². The molecule has 9 nitrogen and oxygen atoms in total. The van der Waals surface area contributed by atoms with Crippen LogP contribution in [0.4, 0.5) is 10.2 Å². The standard InChI is InChI=1S/C22H27FN6O3/c23-10-15-16(25-11-13-6-2-1-3-7-13)18(30)21(32-15)29-12-26-17-19(24)27-22(28-20(17)29)31-14-8-4-5-9-14/h1-3,6-7,12,14-16,18,21,25,30H,4-5,8-11H2,(H2,24,27,28)/t15-,16-,18-,21-/m1/s1. The minimum atomic E-state index is -1.02. The molecule has 10 heteroatoms. The summed E-state index contributed by atoms with van der Waals surface area (Å²) in [6, 6.07) is 9.30. The number of alkyl halides is 1. The smallest absolute Gasteiger partial charge is 0.320 e. The van der Waals surface area contributed by atoms with Crippen LogP contribution < -0.4 is 15.8 Å². The number of nitrogens with zero attached hydrogens (tertiary/aromatic N) is 4. The van der Waals surface area contributed by atoms with Crippen LogP contribution in [0.1, 0.15) is 37.5 Å². The van der Waals surface area contributed by atoms with E-state index in [9.17, 15) is 9.50 Å². The van der Waals surface area contributed by atoms with E-state index >= 15 is 0 Å². The number of nitrogen functional groups attached to an aromatic ring is 1. The minimum absolute atomic E-state index is 0.0685. The second-order valence-corrected chi connectivity index (χ2v) is 8.34. The number of hydrogen-bond acceptors (Lipinski definition) is 8. The fraction of sp³-hybridized carbons (Fsp3) is 0.500. The van der Waals surface area contributed by atoms with Crippen LogP contribution in [-0.4, -0.2) is 55.7 Å². The number of ether oxygens (including phenoxy) is 2. The maximum atomic E-state index is 13.8. The van der Waals surface area contributed by atoms with Gasteiger partial charge in [0, 0.05) is 6.54 Å². The van der Waals surface area contributed by atoms with Crippen molar-refractivity contribution < 1.29 is 19.0 Å². The highest BCUT2D eigenvalue weighted by Crippen LogP contribution is 2.33. The molecule has 0 bridgehead atoms. The molecule has 4 N–H and O–H groups in total. The lowest BCUT2D eigenvalue weighted by molar-refractivity contribution is -0.0404. The molecular formula is C22H27FN6O3. The average Bonchev–Trinajstić information content (AvgIpc) is 3.53. The Bertz CT molecular complexity index is 1060. The van der Waals surface area contributed by atoms with Gasteiger partial charge in [0.25, 0.3) is 0 Å². The topological polar surface area (TPSA) is 120 Å². The van der Waals surface area contributed by atoms with Gasteiger partial charge in [-0.05, 0) is 31.2 Å². The lowest BCUT2D eigenvalue weighted by Crippen LogP contribution is -2.44. The maximum absolute atomic E-state index is 13.8. The van der Waals surface area contributed by atoms with Gasteiger partial charge in [-0.2, -0.15) is 9.97 Å². The minimum Gasteiger partial charge on any atom is -0.460 e. The summed E-state index contributed by atoms with van der Waals surface area (Å²) in [7, 11) is 0. The van der Waals surface area contributed by atoms with Gasteiger partial charge in [0.1, 0.15) is 25.0 Å². The number of rotatable bonds is 7. The molecule has 0 amide bonds. The van der Waals surface area contributed by atoms with Crippen LogP contribution in [0.25, 0.3) is 11.2 Å². The number of fused-ring (bicyclic) bond motifs is 1. The molecule has 0 spiro atoms. The first-order valence-electron chi connectivity index (χ1n) is 11.0. The van der Waals surface area contributed by atoms with Crippen molar-refractivity contribution >= 4 is 17.0 Å². The van der Waals surface area contributed by atoms with Crippen molar-refractivity contribution in [3.8, 4) is 6.01 Å². The summed E-state index contributed by atoms with van der Waals surface area (Å²) in [5, 5.41) is 14.2. The number of aliphatic hydroxyl groups is 1. The average molecular weight is 442 g/mol. The highest BCUT2D eigenvalue weighted by Gasteiger charge is 2.45. The number of nitrogens with two attached hydrogens (primary N) is 1. The summed E-state index contributed by atoms with van der Waals surface area (Å²) < 4.78 is 27.1. The van der Waals surface area contributed by atoms with E-state index in [4.69, 9.17) is 15.2 Å². The van der Waals surface area contributed by atoms with Crippen molar-refractivity contribution in [3.05, 3.63) is 42.2 Å². The molecule has 0 unspecified atom stereocenters. The maximum Gasteiger partial charge on any atom is 0.320 e. The van der Waals surface area contributed by atoms with E-state index in [1.165, 1.54) is 6.33 Å². The molecule has 0 radical (unpaired) electrons. The SMILES string of the molecule is Nc1nc(OC2CCCC2)nc2c1ncn2[C@@H]1O[C@H](CF)[C@@H](NCc2ccccc2)[C@H]1O. The van der Waals surface area contributed by atoms with Crippen LogP contribution in [0.5, 0.6) is 6.01 Å². The van der Waals surface area contributed by atoms with Gasteiger partial charge >= 0.3 is 6.01 Å². The molecule has 2 fully saturated rings. The zero-order valence-electron chi connectivity index (χ0n) is 17.6. The molecule has 4 atom stereocenters. The van der Waals surface area contributed by atoms with Crippen molar-refractivity contribution in [2.45, 2.75) is 62.8 Å². The predicted octanol–water partition coefficient (Wildman–Crippen LogP) is 2.12. The first kappa shape index (κ1) is 21.0. The number of benzene rings is 1. The molecule has 1 aliphatic carbocycles. The summed E-state index contributed by atoms with van der Waals surface area (Å²) in [4.78, 5) is 13.0. The molecule has 1 aliphatic heterocycles. The Balaban J connectivity index is 1.39. The monoisotopic (exact) mass is 442 g/mol. The molecule has 2 aromatic heterocycles. The fourth-order valence-electron chi connectivity index (χ4n) is 4.50. The highest BCUT2D eigenvalue weighted by molar-refractivity contribution is 5.82. The van der Waals surface area contributed by atoms with E-state index in [0.717, 1.165) is 31.2 Å². The molecule has 1 aromatic carbocycles. The van der Waals surface area contributed by atoms with Crippen molar-refractivity contribution in [2.24, 2.45) is 0 Å². The van der Waals surface area contributed by atoms with Gasteiger partial charge in [-0.3, -0.25) is 4.57 Å². The lowest BCUT2D eigenvalue weighted by atomic mass is 10.1. The third-order valence-electron chi connectivity index (χ3n) is 6.19. The summed E-state index contributed by atoms with van der Waals surface area (Å²) >= 11 is 0. The molecule has 5 rings (SSSR count). The molecule has 2 aliphatic rings. The molecular weight excluding hydrogens is 415 g/mol. The van der Waals surface area contributed by atoms with Crippen LogP contribution in [0.2, 0.25) is 0 Å². The van der Waals surface area contributed by atoms with E-state index in [2.05, 4.69) is 20.3 Å². The molecule has 1 saturated heterocycles. The number of hydrogen-bond donors (Lipinski definition) is 3. The first-order chi connectivity index (χ1) is 15.6. The Kier molecular flexibility index (Phi) is 5.90. The summed E-state index contributed by atoms with van der Waals surface area (Å²) in [6.07, 6.45) is 2.99. The first-order valence-corrected chi connectivity index (χ1v) is 11.0. The number of aromatic nitrogens is 4. The van der Waals surface area contributed by atoms with E-state index in [1.807, 2.05) is 30.3 Å². The molecule has 32 heavy (non-hydrogen) atoms. The quantitative estimate of drug-likeness (QED) is 0.509. The van der Waals surface area contributed by atoms with Crippen molar-refractivity contribution in [1.29, 1.82) is 0 Å². The van der Waals surface area contributed by atoms with Gasteiger partial charge < -0.3 is 25.6 Å². The summed E-state index contributed by atoms with van der Waals surface area (Å²) in [6.45, 7) is -0.256.